The van der Waals surface area contributed by atoms with Crippen LogP contribution in [0.25, 0.3) is 0 Å². The molecule has 0 saturated carbocycles. The number of halogens is 2. The Balaban J connectivity index is 3.20. The summed E-state index contributed by atoms with van der Waals surface area (Å²) in [4.78, 5) is 10.2. The molecule has 0 amide bonds. The number of ether oxygens (including phenoxy) is 1. The molecule has 4 heteroatoms. The highest BCUT2D eigenvalue weighted by Crippen LogP contribution is 2.07. The van der Waals surface area contributed by atoms with Crippen molar-refractivity contribution in [3.63, 3.8) is 0 Å². The molecule has 0 radical (unpaired) electrons. The lowest BCUT2D eigenvalue weighted by Gasteiger charge is -2.03. The Morgan fingerprint density at radius 1 is 1.42 bits per heavy atom. The van der Waals surface area contributed by atoms with Gasteiger partial charge in [-0.3, -0.25) is 4.79 Å². The normalized spacial score (nSPS) is 10.3. The molecule has 0 N–H and O–H groups in total. The van der Waals surface area contributed by atoms with Crippen LogP contribution in [0.2, 0.25) is 0 Å². The highest BCUT2D eigenvalue weighted by Gasteiger charge is 2.08. The van der Waals surface area contributed by atoms with Crippen LogP contribution in [-0.4, -0.2) is 17.4 Å². The van der Waals surface area contributed by atoms with Gasteiger partial charge in [-0.2, -0.15) is 0 Å². The van der Waals surface area contributed by atoms with E-state index in [1.165, 1.54) is 0 Å². The molecular weight excluding hydrogens is 199 g/mol. The van der Waals surface area contributed by atoms with Gasteiger partial charge in [-0.05, 0) is 6.42 Å². The first-order valence-corrected chi connectivity index (χ1v) is 4.98. The number of carbonyl (C=O) groups is 1. The van der Waals surface area contributed by atoms with Gasteiger partial charge in [-0.25, -0.2) is 0 Å². The van der Waals surface area contributed by atoms with Crippen LogP contribution in [0.4, 0.5) is 0 Å². The molecule has 0 spiro atoms. The molecule has 0 aromatic heterocycles. The van der Waals surface area contributed by atoms with Crippen LogP contribution in [0.3, 0.4) is 0 Å². The van der Waals surface area contributed by atoms with Crippen molar-refractivity contribution in [2.75, 3.05) is 6.61 Å². The van der Waals surface area contributed by atoms with E-state index in [2.05, 4.69) is 6.92 Å². The molecule has 0 aliphatic rings. The molecule has 72 valence electrons. The average molecular weight is 213 g/mol. The van der Waals surface area contributed by atoms with Crippen molar-refractivity contribution in [2.45, 2.75) is 37.4 Å². The van der Waals surface area contributed by atoms with Crippen molar-refractivity contribution in [1.82, 2.24) is 0 Å². The number of unbranched alkanes of at least 4 members (excludes halogenated alkanes) is 2. The van der Waals surface area contributed by atoms with Crippen LogP contribution in [0.5, 0.6) is 0 Å². The minimum Gasteiger partial charge on any atom is -0.466 e. The first kappa shape index (κ1) is 12.0. The van der Waals surface area contributed by atoms with Gasteiger partial charge in [-0.15, -0.1) is 23.2 Å². The fourth-order valence-corrected chi connectivity index (χ4v) is 0.975. The topological polar surface area (TPSA) is 26.3 Å². The third kappa shape index (κ3) is 8.15. The van der Waals surface area contributed by atoms with Gasteiger partial charge in [0.1, 0.15) is 4.84 Å². The standard InChI is InChI=1S/C8H14Cl2O2/c1-2-3-4-5-12-8(11)6-7(9)10/h7H,2-6H2,1H3. The quantitative estimate of drug-likeness (QED) is 0.385. The van der Waals surface area contributed by atoms with E-state index in [1.54, 1.807) is 0 Å². The summed E-state index contributed by atoms with van der Waals surface area (Å²) in [6.07, 6.45) is 3.19. The lowest BCUT2D eigenvalue weighted by Crippen LogP contribution is -2.08. The Labute approximate surface area is 83.2 Å². The number of hydrogen-bond acceptors (Lipinski definition) is 2. The van der Waals surface area contributed by atoms with E-state index in [1.807, 2.05) is 0 Å². The molecule has 2 nitrogen and oxygen atoms in total. The Morgan fingerprint density at radius 3 is 2.58 bits per heavy atom. The summed E-state index contributed by atoms with van der Waals surface area (Å²) in [5.74, 6) is -0.318. The first-order valence-electron chi connectivity index (χ1n) is 4.10. The maximum atomic E-state index is 10.8. The van der Waals surface area contributed by atoms with Gasteiger partial charge in [0.15, 0.2) is 0 Å². The Bertz CT molecular complexity index is 126. The van der Waals surface area contributed by atoms with Crippen LogP contribution >= 0.6 is 23.2 Å². The van der Waals surface area contributed by atoms with Gasteiger partial charge < -0.3 is 4.74 Å². The maximum Gasteiger partial charge on any atom is 0.308 e. The van der Waals surface area contributed by atoms with Gasteiger partial charge in [0.2, 0.25) is 0 Å². The molecule has 12 heavy (non-hydrogen) atoms. The SMILES string of the molecule is CCCCCOC(=O)CC(Cl)Cl. The van der Waals surface area contributed by atoms with Crippen LogP contribution in [0, 0.1) is 0 Å². The zero-order valence-electron chi connectivity index (χ0n) is 7.19. The predicted molar refractivity (Wildman–Crippen MR) is 50.6 cm³/mol. The van der Waals surface area contributed by atoms with Gasteiger partial charge >= 0.3 is 5.97 Å². The Hall–Kier alpha value is 0.0500. The minimum atomic E-state index is -0.649. The van der Waals surface area contributed by atoms with E-state index < -0.39 is 4.84 Å². The number of esters is 1. The van der Waals surface area contributed by atoms with Crippen molar-refractivity contribution in [1.29, 1.82) is 0 Å². The molecule has 0 heterocycles. The van der Waals surface area contributed by atoms with E-state index in [4.69, 9.17) is 27.9 Å². The van der Waals surface area contributed by atoms with Gasteiger partial charge in [0.25, 0.3) is 0 Å². The molecule has 0 bridgehead atoms. The third-order valence-electron chi connectivity index (χ3n) is 1.33. The second-order valence-corrected chi connectivity index (χ2v) is 3.80. The number of alkyl halides is 2. The van der Waals surface area contributed by atoms with E-state index in [9.17, 15) is 4.79 Å². The molecule has 0 aliphatic heterocycles. The first-order chi connectivity index (χ1) is 5.66. The monoisotopic (exact) mass is 212 g/mol. The molecule has 0 aromatic rings. The second-order valence-electron chi connectivity index (χ2n) is 2.52. The zero-order valence-corrected chi connectivity index (χ0v) is 8.70. The smallest absolute Gasteiger partial charge is 0.308 e. The van der Waals surface area contributed by atoms with Crippen molar-refractivity contribution in [3.8, 4) is 0 Å². The molecule has 0 unspecified atom stereocenters. The minimum absolute atomic E-state index is 0.0786. The predicted octanol–water partition coefficient (Wildman–Crippen LogP) is 2.91. The van der Waals surface area contributed by atoms with Gasteiger partial charge in [-0.1, -0.05) is 19.8 Å². The molecule has 0 saturated heterocycles. The molecule has 0 fully saturated rings. The van der Waals surface area contributed by atoms with E-state index in [0.717, 1.165) is 19.3 Å². The number of hydrogen-bond donors (Lipinski definition) is 0. The van der Waals surface area contributed by atoms with Crippen molar-refractivity contribution < 1.29 is 9.53 Å². The summed E-state index contributed by atoms with van der Waals surface area (Å²) < 4.78 is 4.85. The summed E-state index contributed by atoms with van der Waals surface area (Å²) >= 11 is 10.8. The fraction of sp³-hybridized carbons (Fsp3) is 0.875. The highest BCUT2D eigenvalue weighted by atomic mass is 35.5. The van der Waals surface area contributed by atoms with Crippen molar-refractivity contribution in [2.24, 2.45) is 0 Å². The van der Waals surface area contributed by atoms with E-state index >= 15 is 0 Å². The number of rotatable bonds is 6. The molecule has 0 aliphatic carbocycles. The lowest BCUT2D eigenvalue weighted by atomic mass is 10.3. The van der Waals surface area contributed by atoms with Crippen LogP contribution in [0.15, 0.2) is 0 Å². The van der Waals surface area contributed by atoms with Crippen molar-refractivity contribution in [3.05, 3.63) is 0 Å². The van der Waals surface area contributed by atoms with Gasteiger partial charge in [0, 0.05) is 0 Å². The summed E-state index contributed by atoms with van der Waals surface area (Å²) in [6.45, 7) is 2.57. The summed E-state index contributed by atoms with van der Waals surface area (Å²) in [5.41, 5.74) is 0. The second kappa shape index (κ2) is 7.69. The van der Waals surface area contributed by atoms with E-state index in [-0.39, 0.29) is 12.4 Å². The summed E-state index contributed by atoms with van der Waals surface area (Å²) in [5, 5.41) is 0. The largest absolute Gasteiger partial charge is 0.466 e. The Kier molecular flexibility index (Phi) is 7.72. The van der Waals surface area contributed by atoms with Gasteiger partial charge in [0.05, 0.1) is 13.0 Å². The maximum absolute atomic E-state index is 10.8. The fourth-order valence-electron chi connectivity index (χ4n) is 0.723. The van der Waals surface area contributed by atoms with E-state index in [0.29, 0.717) is 6.61 Å². The molecule has 0 rings (SSSR count). The molecular formula is C8H14Cl2O2. The lowest BCUT2D eigenvalue weighted by molar-refractivity contribution is -0.143. The zero-order chi connectivity index (χ0) is 9.40. The third-order valence-corrected chi connectivity index (χ3v) is 1.64. The highest BCUT2D eigenvalue weighted by molar-refractivity contribution is 6.45. The summed E-state index contributed by atoms with van der Waals surface area (Å²) in [6, 6.07) is 0. The number of carbonyl (C=O) groups excluding carboxylic acids is 1. The Morgan fingerprint density at radius 2 is 2.08 bits per heavy atom. The van der Waals surface area contributed by atoms with Crippen molar-refractivity contribution >= 4 is 29.2 Å². The molecule has 0 atom stereocenters. The average Bonchev–Trinajstić information content (AvgIpc) is 1.97. The van der Waals surface area contributed by atoms with Crippen LogP contribution < -0.4 is 0 Å². The van der Waals surface area contributed by atoms with Crippen LogP contribution in [-0.2, 0) is 9.53 Å². The summed E-state index contributed by atoms with van der Waals surface area (Å²) in [7, 11) is 0. The van der Waals surface area contributed by atoms with Crippen LogP contribution in [0.1, 0.15) is 32.6 Å². The molecule has 0 aromatic carbocycles.